The molecule has 0 N–H and O–H groups in total. The maximum atomic E-state index is 5.73. The summed E-state index contributed by atoms with van der Waals surface area (Å²) in [6.07, 6.45) is 1.45. The highest BCUT2D eigenvalue weighted by molar-refractivity contribution is 7.10. The molecule has 0 fully saturated rings. The maximum absolute atomic E-state index is 5.73. The van der Waals surface area contributed by atoms with E-state index in [2.05, 4.69) is 25.3 Å². The summed E-state index contributed by atoms with van der Waals surface area (Å²) in [6.45, 7) is 5.34. The molecule has 12 heavy (non-hydrogen) atoms. The van der Waals surface area contributed by atoms with Gasteiger partial charge in [-0.1, -0.05) is 13.8 Å². The van der Waals surface area contributed by atoms with E-state index in [4.69, 9.17) is 4.74 Å². The average molecular weight is 182 g/mol. The van der Waals surface area contributed by atoms with Crippen LogP contribution < -0.4 is 0 Å². The van der Waals surface area contributed by atoms with Gasteiger partial charge in [-0.2, -0.15) is 0 Å². The number of hydrogen-bond donors (Lipinski definition) is 0. The molecule has 1 nitrogen and oxygen atoms in total. The largest absolute Gasteiger partial charge is 0.373 e. The fourth-order valence-electron chi connectivity index (χ4n) is 1.73. The number of fused-ring (bicyclic) bond motifs is 1. The van der Waals surface area contributed by atoms with Gasteiger partial charge in [0.15, 0.2) is 0 Å². The molecular formula is C10H14OS. The first-order chi connectivity index (χ1) is 5.79. The summed E-state index contributed by atoms with van der Waals surface area (Å²) >= 11 is 1.87. The van der Waals surface area contributed by atoms with Crippen molar-refractivity contribution in [3.8, 4) is 0 Å². The number of rotatable bonds is 1. The molecule has 1 aromatic heterocycles. The normalized spacial score (nSPS) is 22.8. The molecule has 0 saturated carbocycles. The average Bonchev–Trinajstić information content (AvgIpc) is 2.49. The van der Waals surface area contributed by atoms with Crippen LogP contribution in [0, 0.1) is 5.92 Å². The Bertz CT molecular complexity index is 265. The lowest BCUT2D eigenvalue weighted by Gasteiger charge is -2.26. The van der Waals surface area contributed by atoms with Crippen LogP contribution in [0.4, 0.5) is 0 Å². The maximum Gasteiger partial charge on any atom is 0.0858 e. The zero-order valence-electron chi connectivity index (χ0n) is 7.54. The Morgan fingerprint density at radius 3 is 3.17 bits per heavy atom. The van der Waals surface area contributed by atoms with Crippen molar-refractivity contribution in [1.29, 1.82) is 0 Å². The molecular weight excluding hydrogens is 168 g/mol. The van der Waals surface area contributed by atoms with Crippen molar-refractivity contribution in [1.82, 2.24) is 0 Å². The van der Waals surface area contributed by atoms with Crippen molar-refractivity contribution in [2.75, 3.05) is 6.61 Å². The summed E-state index contributed by atoms with van der Waals surface area (Å²) in [7, 11) is 0. The number of ether oxygens (including phenoxy) is 1. The molecule has 66 valence electrons. The summed E-state index contributed by atoms with van der Waals surface area (Å²) < 4.78 is 5.73. The molecule has 0 bridgehead atoms. The predicted molar refractivity (Wildman–Crippen MR) is 51.6 cm³/mol. The third-order valence-electron chi connectivity index (χ3n) is 2.32. The molecule has 2 rings (SSSR count). The topological polar surface area (TPSA) is 9.23 Å². The molecule has 1 unspecified atom stereocenters. The van der Waals surface area contributed by atoms with E-state index in [0.717, 1.165) is 13.0 Å². The lowest BCUT2D eigenvalue weighted by molar-refractivity contribution is 0.0126. The smallest absolute Gasteiger partial charge is 0.0858 e. The van der Waals surface area contributed by atoms with Gasteiger partial charge in [0.25, 0.3) is 0 Å². The van der Waals surface area contributed by atoms with Crippen LogP contribution in [0.15, 0.2) is 11.4 Å². The summed E-state index contributed by atoms with van der Waals surface area (Å²) in [5.41, 5.74) is 1.43. The van der Waals surface area contributed by atoms with E-state index < -0.39 is 0 Å². The van der Waals surface area contributed by atoms with Gasteiger partial charge in [-0.05, 0) is 22.9 Å². The minimum Gasteiger partial charge on any atom is -0.373 e. The van der Waals surface area contributed by atoms with Crippen molar-refractivity contribution in [2.24, 2.45) is 5.92 Å². The van der Waals surface area contributed by atoms with Crippen LogP contribution >= 0.6 is 11.3 Å². The molecule has 1 aromatic rings. The van der Waals surface area contributed by atoms with Gasteiger partial charge in [-0.3, -0.25) is 0 Å². The van der Waals surface area contributed by atoms with Gasteiger partial charge in [-0.15, -0.1) is 11.3 Å². The quantitative estimate of drug-likeness (QED) is 0.648. The number of hydrogen-bond acceptors (Lipinski definition) is 2. The Kier molecular flexibility index (Phi) is 2.20. The summed E-state index contributed by atoms with van der Waals surface area (Å²) in [5, 5.41) is 2.18. The summed E-state index contributed by atoms with van der Waals surface area (Å²) in [6, 6.07) is 2.21. The Hall–Kier alpha value is -0.340. The van der Waals surface area contributed by atoms with Crippen molar-refractivity contribution < 1.29 is 4.74 Å². The second kappa shape index (κ2) is 3.19. The Labute approximate surface area is 77.4 Å². The van der Waals surface area contributed by atoms with E-state index in [-0.39, 0.29) is 0 Å². The SMILES string of the molecule is CC(C)C1OCCc2sccc21. The lowest BCUT2D eigenvalue weighted by Crippen LogP contribution is -2.18. The minimum absolute atomic E-state index is 0.347. The van der Waals surface area contributed by atoms with Crippen molar-refractivity contribution in [3.05, 3.63) is 21.9 Å². The Morgan fingerprint density at radius 2 is 2.42 bits per heavy atom. The molecule has 1 aliphatic heterocycles. The van der Waals surface area contributed by atoms with E-state index in [9.17, 15) is 0 Å². The molecule has 1 atom stereocenters. The first-order valence-electron chi connectivity index (χ1n) is 4.47. The zero-order valence-corrected chi connectivity index (χ0v) is 8.36. The van der Waals surface area contributed by atoms with Crippen LogP contribution in [0.25, 0.3) is 0 Å². The van der Waals surface area contributed by atoms with Crippen LogP contribution in [-0.4, -0.2) is 6.61 Å². The zero-order chi connectivity index (χ0) is 8.55. The highest BCUT2D eigenvalue weighted by Gasteiger charge is 2.23. The van der Waals surface area contributed by atoms with Crippen LogP contribution in [0.2, 0.25) is 0 Å². The molecule has 0 spiro atoms. The standard InChI is InChI=1S/C10H14OS/c1-7(2)10-8-4-6-12-9(8)3-5-11-10/h4,6-7,10H,3,5H2,1-2H3. The summed E-state index contributed by atoms with van der Waals surface area (Å²) in [4.78, 5) is 1.53. The molecule has 0 saturated heterocycles. The van der Waals surface area contributed by atoms with E-state index in [1.807, 2.05) is 11.3 Å². The van der Waals surface area contributed by atoms with Gasteiger partial charge in [0.05, 0.1) is 12.7 Å². The summed E-state index contributed by atoms with van der Waals surface area (Å²) in [5.74, 6) is 0.596. The predicted octanol–water partition coefficient (Wildman–Crippen LogP) is 3.02. The van der Waals surface area contributed by atoms with Gasteiger partial charge < -0.3 is 4.74 Å². The van der Waals surface area contributed by atoms with E-state index in [1.54, 1.807) is 0 Å². The van der Waals surface area contributed by atoms with Gasteiger partial charge in [0.2, 0.25) is 0 Å². The highest BCUT2D eigenvalue weighted by atomic mass is 32.1. The molecule has 0 amide bonds. The van der Waals surface area contributed by atoms with Crippen LogP contribution in [0.1, 0.15) is 30.4 Å². The Morgan fingerprint density at radius 1 is 1.58 bits per heavy atom. The molecule has 0 aromatic carbocycles. The number of thiophene rings is 1. The van der Waals surface area contributed by atoms with Crippen molar-refractivity contribution >= 4 is 11.3 Å². The lowest BCUT2D eigenvalue weighted by atomic mass is 9.97. The van der Waals surface area contributed by atoms with E-state index >= 15 is 0 Å². The molecule has 0 aliphatic carbocycles. The Balaban J connectivity index is 2.31. The fraction of sp³-hybridized carbons (Fsp3) is 0.600. The van der Waals surface area contributed by atoms with Gasteiger partial charge >= 0.3 is 0 Å². The third-order valence-corrected chi connectivity index (χ3v) is 3.31. The second-order valence-electron chi connectivity index (χ2n) is 3.58. The first-order valence-corrected chi connectivity index (χ1v) is 5.35. The van der Waals surface area contributed by atoms with Crippen molar-refractivity contribution in [2.45, 2.75) is 26.4 Å². The van der Waals surface area contributed by atoms with Crippen LogP contribution in [-0.2, 0) is 11.2 Å². The highest BCUT2D eigenvalue weighted by Crippen LogP contribution is 2.35. The second-order valence-corrected chi connectivity index (χ2v) is 4.59. The monoisotopic (exact) mass is 182 g/mol. The van der Waals surface area contributed by atoms with E-state index in [0.29, 0.717) is 12.0 Å². The third kappa shape index (κ3) is 1.29. The molecule has 2 heteroatoms. The molecule has 0 radical (unpaired) electrons. The van der Waals surface area contributed by atoms with E-state index in [1.165, 1.54) is 10.4 Å². The van der Waals surface area contributed by atoms with Crippen LogP contribution in [0.3, 0.4) is 0 Å². The first kappa shape index (κ1) is 8.27. The fourth-order valence-corrected chi connectivity index (χ4v) is 2.63. The minimum atomic E-state index is 0.347. The molecule has 1 aliphatic rings. The van der Waals surface area contributed by atoms with Crippen LogP contribution in [0.5, 0.6) is 0 Å². The van der Waals surface area contributed by atoms with Gasteiger partial charge in [-0.25, -0.2) is 0 Å². The molecule has 2 heterocycles. The van der Waals surface area contributed by atoms with Crippen molar-refractivity contribution in [3.63, 3.8) is 0 Å². The van der Waals surface area contributed by atoms with Gasteiger partial charge in [0, 0.05) is 11.3 Å². The van der Waals surface area contributed by atoms with Gasteiger partial charge in [0.1, 0.15) is 0 Å².